The predicted molar refractivity (Wildman–Crippen MR) is 77.1 cm³/mol. The standard InChI is InChI=1S/C13H20Br2O2/c1-3-5-10-13-6-9(15)12(17-13)7-11(16-10)8(14)4-2/h3,8-13H,1,4-7H2,2H3/t8-,9-,10-,11+,12-,13-/m0/s1. The third-order valence-electron chi connectivity index (χ3n) is 3.63. The zero-order valence-electron chi connectivity index (χ0n) is 10.1. The van der Waals surface area contributed by atoms with Crippen molar-refractivity contribution >= 4 is 31.9 Å². The first-order valence-electron chi connectivity index (χ1n) is 6.35. The lowest BCUT2D eigenvalue weighted by Gasteiger charge is -2.29. The summed E-state index contributed by atoms with van der Waals surface area (Å²) < 4.78 is 12.3. The van der Waals surface area contributed by atoms with Gasteiger partial charge in [-0.05, 0) is 19.3 Å². The van der Waals surface area contributed by atoms with E-state index in [4.69, 9.17) is 9.47 Å². The van der Waals surface area contributed by atoms with E-state index in [2.05, 4.69) is 45.4 Å². The van der Waals surface area contributed by atoms with E-state index >= 15 is 0 Å². The number of hydrogen-bond donors (Lipinski definition) is 0. The van der Waals surface area contributed by atoms with Gasteiger partial charge in [0.1, 0.15) is 0 Å². The van der Waals surface area contributed by atoms with Crippen molar-refractivity contribution in [2.75, 3.05) is 0 Å². The second kappa shape index (κ2) is 6.18. The van der Waals surface area contributed by atoms with Crippen molar-refractivity contribution in [2.24, 2.45) is 0 Å². The van der Waals surface area contributed by atoms with Crippen LogP contribution >= 0.6 is 31.9 Å². The Kier molecular flexibility index (Phi) is 5.10. The lowest BCUT2D eigenvalue weighted by molar-refractivity contribution is -0.0523. The number of hydrogen-bond acceptors (Lipinski definition) is 2. The van der Waals surface area contributed by atoms with Crippen LogP contribution in [0.4, 0.5) is 0 Å². The molecule has 17 heavy (non-hydrogen) atoms. The lowest BCUT2D eigenvalue weighted by atomic mass is 10.00. The first-order valence-corrected chi connectivity index (χ1v) is 8.18. The summed E-state index contributed by atoms with van der Waals surface area (Å²) in [6, 6.07) is 0. The second-order valence-corrected chi connectivity index (χ2v) is 7.21. The van der Waals surface area contributed by atoms with Gasteiger partial charge in [-0.1, -0.05) is 44.9 Å². The van der Waals surface area contributed by atoms with Crippen LogP contribution in [0.2, 0.25) is 0 Å². The van der Waals surface area contributed by atoms with Gasteiger partial charge in [-0.3, -0.25) is 0 Å². The summed E-state index contributed by atoms with van der Waals surface area (Å²) in [6.45, 7) is 6.00. The normalized spacial score (nSPS) is 43.1. The van der Waals surface area contributed by atoms with Crippen LogP contribution in [0.5, 0.6) is 0 Å². The van der Waals surface area contributed by atoms with Crippen molar-refractivity contribution in [2.45, 2.75) is 66.7 Å². The van der Waals surface area contributed by atoms with E-state index in [0.717, 1.165) is 25.7 Å². The molecule has 2 rings (SSSR count). The smallest absolute Gasteiger partial charge is 0.0875 e. The molecule has 0 saturated carbocycles. The first kappa shape index (κ1) is 14.0. The molecule has 0 spiro atoms. The number of rotatable bonds is 4. The molecular weight excluding hydrogens is 348 g/mol. The van der Waals surface area contributed by atoms with Crippen LogP contribution in [0.3, 0.4) is 0 Å². The van der Waals surface area contributed by atoms with Crippen LogP contribution in [0, 0.1) is 0 Å². The summed E-state index contributed by atoms with van der Waals surface area (Å²) in [4.78, 5) is 0.889. The first-order chi connectivity index (χ1) is 8.15. The maximum atomic E-state index is 6.22. The van der Waals surface area contributed by atoms with E-state index in [-0.39, 0.29) is 18.3 Å². The second-order valence-electron chi connectivity index (χ2n) is 4.86. The summed E-state index contributed by atoms with van der Waals surface area (Å²) in [6.07, 6.45) is 6.85. The van der Waals surface area contributed by atoms with Gasteiger partial charge in [0.2, 0.25) is 0 Å². The van der Waals surface area contributed by atoms with Gasteiger partial charge in [0.25, 0.3) is 0 Å². The van der Waals surface area contributed by atoms with Crippen LogP contribution in [0.25, 0.3) is 0 Å². The van der Waals surface area contributed by atoms with Crippen LogP contribution in [0.15, 0.2) is 12.7 Å². The van der Waals surface area contributed by atoms with Gasteiger partial charge in [-0.15, -0.1) is 6.58 Å². The number of alkyl halides is 2. The minimum absolute atomic E-state index is 0.164. The van der Waals surface area contributed by atoms with Crippen molar-refractivity contribution < 1.29 is 9.47 Å². The predicted octanol–water partition coefficient (Wildman–Crippen LogP) is 3.81. The SMILES string of the molecule is C=CC[C@@H]1O[C@@H]([C@@H](Br)CC)C[C@@H]2O[C@H]1C[C@@H]2Br. The third kappa shape index (κ3) is 3.14. The van der Waals surface area contributed by atoms with Crippen LogP contribution in [-0.2, 0) is 9.47 Å². The highest BCUT2D eigenvalue weighted by molar-refractivity contribution is 9.09. The largest absolute Gasteiger partial charge is 0.371 e. The molecule has 2 heterocycles. The van der Waals surface area contributed by atoms with E-state index in [1.54, 1.807) is 0 Å². The Morgan fingerprint density at radius 3 is 2.76 bits per heavy atom. The highest BCUT2D eigenvalue weighted by Crippen LogP contribution is 2.38. The Morgan fingerprint density at radius 2 is 2.12 bits per heavy atom. The molecule has 2 aliphatic rings. The summed E-state index contributed by atoms with van der Waals surface area (Å²) in [7, 11) is 0. The molecule has 2 nitrogen and oxygen atoms in total. The fourth-order valence-electron chi connectivity index (χ4n) is 2.65. The maximum Gasteiger partial charge on any atom is 0.0875 e. The van der Waals surface area contributed by atoms with Crippen molar-refractivity contribution in [3.8, 4) is 0 Å². The van der Waals surface area contributed by atoms with Crippen molar-refractivity contribution in [1.82, 2.24) is 0 Å². The van der Waals surface area contributed by atoms with E-state index in [1.165, 1.54) is 0 Å². The molecular formula is C13H20Br2O2. The molecule has 4 heteroatoms. The number of ether oxygens (including phenoxy) is 2. The van der Waals surface area contributed by atoms with Gasteiger partial charge in [-0.2, -0.15) is 0 Å². The van der Waals surface area contributed by atoms with Crippen molar-refractivity contribution in [3.05, 3.63) is 12.7 Å². The van der Waals surface area contributed by atoms with Crippen molar-refractivity contribution in [3.63, 3.8) is 0 Å². The van der Waals surface area contributed by atoms with E-state index in [1.807, 2.05) is 6.08 Å². The minimum Gasteiger partial charge on any atom is -0.371 e. The van der Waals surface area contributed by atoms with Gasteiger partial charge < -0.3 is 9.47 Å². The minimum atomic E-state index is 0.164. The number of halogens is 2. The summed E-state index contributed by atoms with van der Waals surface area (Å²) >= 11 is 7.46. The van der Waals surface area contributed by atoms with Gasteiger partial charge >= 0.3 is 0 Å². The highest BCUT2D eigenvalue weighted by Gasteiger charge is 2.44. The van der Waals surface area contributed by atoms with Crippen LogP contribution < -0.4 is 0 Å². The van der Waals surface area contributed by atoms with Crippen molar-refractivity contribution in [1.29, 1.82) is 0 Å². The fourth-order valence-corrected chi connectivity index (χ4v) is 3.70. The number of fused-ring (bicyclic) bond motifs is 2. The molecule has 0 radical (unpaired) electrons. The zero-order valence-corrected chi connectivity index (χ0v) is 13.3. The molecule has 6 atom stereocenters. The summed E-state index contributed by atoms with van der Waals surface area (Å²) in [5, 5.41) is 0. The molecule has 2 saturated heterocycles. The van der Waals surface area contributed by atoms with E-state index in [0.29, 0.717) is 15.8 Å². The van der Waals surface area contributed by atoms with Gasteiger partial charge in [0.15, 0.2) is 0 Å². The Balaban J connectivity index is 2.10. The average Bonchev–Trinajstić information content (AvgIpc) is 2.56. The molecule has 0 aromatic carbocycles. The lowest BCUT2D eigenvalue weighted by Crippen LogP contribution is -2.36. The van der Waals surface area contributed by atoms with Gasteiger partial charge in [-0.25, -0.2) is 0 Å². The van der Waals surface area contributed by atoms with Crippen LogP contribution in [-0.4, -0.2) is 34.1 Å². The third-order valence-corrected chi connectivity index (χ3v) is 5.83. The summed E-state index contributed by atoms with van der Waals surface area (Å²) in [5.41, 5.74) is 0. The Labute approximate surface area is 120 Å². The molecule has 0 amide bonds. The molecule has 2 fully saturated rings. The van der Waals surface area contributed by atoms with E-state index in [9.17, 15) is 0 Å². The fraction of sp³-hybridized carbons (Fsp3) is 0.846. The topological polar surface area (TPSA) is 18.5 Å². The molecule has 2 bridgehead atoms. The quantitative estimate of drug-likeness (QED) is 0.555. The Bertz CT molecular complexity index is 272. The van der Waals surface area contributed by atoms with E-state index < -0.39 is 0 Å². The molecule has 98 valence electrons. The van der Waals surface area contributed by atoms with Gasteiger partial charge in [0, 0.05) is 16.1 Å². The summed E-state index contributed by atoms with van der Waals surface area (Å²) in [5.74, 6) is 0. The molecule has 0 unspecified atom stereocenters. The molecule has 0 aromatic rings. The average molecular weight is 368 g/mol. The van der Waals surface area contributed by atoms with Gasteiger partial charge in [0.05, 0.1) is 24.4 Å². The Hall–Kier alpha value is 0.620. The maximum absolute atomic E-state index is 6.22. The highest BCUT2D eigenvalue weighted by atomic mass is 79.9. The Morgan fingerprint density at radius 1 is 1.35 bits per heavy atom. The zero-order chi connectivity index (χ0) is 12.4. The molecule has 2 aliphatic heterocycles. The van der Waals surface area contributed by atoms with Crippen LogP contribution in [0.1, 0.15) is 32.6 Å². The monoisotopic (exact) mass is 366 g/mol. The molecule has 0 N–H and O–H groups in total. The molecule has 0 aliphatic carbocycles. The molecule has 0 aromatic heterocycles.